The number of hydrogen-bond acceptors (Lipinski definition) is 4. The molecule has 0 unspecified atom stereocenters. The third-order valence-corrected chi connectivity index (χ3v) is 3.79. The van der Waals surface area contributed by atoms with Crippen LogP contribution in [-0.4, -0.2) is 30.0 Å². The largest absolute Gasteiger partial charge is 0.446 e. The van der Waals surface area contributed by atoms with Gasteiger partial charge in [-0.25, -0.2) is 9.69 Å². The number of hydrogen-bond donors (Lipinski definition) is 1. The summed E-state index contributed by atoms with van der Waals surface area (Å²) in [4.78, 5) is 36.5. The third kappa shape index (κ3) is 2.34. The lowest BCUT2D eigenvalue weighted by molar-refractivity contribution is -0.139. The van der Waals surface area contributed by atoms with Crippen LogP contribution in [0.4, 0.5) is 4.79 Å². The number of carbonyl (C=O) groups excluding carboxylic acids is 3. The van der Waals surface area contributed by atoms with E-state index in [1.54, 1.807) is 48.5 Å². The van der Waals surface area contributed by atoms with Crippen molar-refractivity contribution >= 4 is 18.4 Å². The van der Waals surface area contributed by atoms with E-state index in [0.717, 1.165) is 4.90 Å². The second-order valence-corrected chi connectivity index (χ2v) is 5.04. The predicted molar refractivity (Wildman–Crippen MR) is 81.1 cm³/mol. The van der Waals surface area contributed by atoms with Crippen LogP contribution in [0.1, 0.15) is 11.1 Å². The van der Waals surface area contributed by atoms with Gasteiger partial charge in [-0.15, -0.1) is 0 Å². The third-order valence-electron chi connectivity index (χ3n) is 3.79. The number of nitrogens with zero attached hydrogens (tertiary/aromatic N) is 1. The molecule has 1 aliphatic rings. The van der Waals surface area contributed by atoms with Crippen LogP contribution in [0.5, 0.6) is 0 Å². The molecular formula is C17H14N2O4. The Morgan fingerprint density at radius 2 is 1.48 bits per heavy atom. The first kappa shape index (κ1) is 14.8. The number of urea groups is 1. The summed E-state index contributed by atoms with van der Waals surface area (Å²) >= 11 is 0. The van der Waals surface area contributed by atoms with E-state index in [1.165, 1.54) is 0 Å². The summed E-state index contributed by atoms with van der Waals surface area (Å²) in [6, 6.07) is 17.3. The topological polar surface area (TPSA) is 75.7 Å². The lowest BCUT2D eigenvalue weighted by Crippen LogP contribution is -2.45. The summed E-state index contributed by atoms with van der Waals surface area (Å²) in [5, 5.41) is 2.75. The number of benzene rings is 2. The van der Waals surface area contributed by atoms with Gasteiger partial charge < -0.3 is 10.1 Å². The summed E-state index contributed by atoms with van der Waals surface area (Å²) in [6.45, 7) is -0.221. The molecule has 1 N–H and O–H groups in total. The van der Waals surface area contributed by atoms with Gasteiger partial charge in [-0.05, 0) is 11.1 Å². The Hall–Kier alpha value is -3.15. The van der Waals surface area contributed by atoms with Gasteiger partial charge in [-0.1, -0.05) is 60.7 Å². The van der Waals surface area contributed by atoms with Crippen LogP contribution in [0.15, 0.2) is 60.7 Å². The number of rotatable bonds is 5. The molecule has 2 aromatic carbocycles. The summed E-state index contributed by atoms with van der Waals surface area (Å²) in [7, 11) is 0. The van der Waals surface area contributed by atoms with Crippen LogP contribution >= 0.6 is 0 Å². The molecule has 1 heterocycles. The van der Waals surface area contributed by atoms with Gasteiger partial charge >= 0.3 is 6.03 Å². The normalized spacial score (nSPS) is 16.1. The average molecular weight is 310 g/mol. The molecule has 2 aromatic rings. The van der Waals surface area contributed by atoms with E-state index < -0.39 is 24.2 Å². The molecule has 0 spiro atoms. The molecule has 23 heavy (non-hydrogen) atoms. The first-order chi connectivity index (χ1) is 11.2. The zero-order valence-electron chi connectivity index (χ0n) is 12.1. The minimum Gasteiger partial charge on any atom is -0.446 e. The molecule has 1 fully saturated rings. The van der Waals surface area contributed by atoms with Gasteiger partial charge in [0.25, 0.3) is 12.4 Å². The number of nitrogens with one attached hydrogen (secondary N) is 1. The molecule has 0 aromatic heterocycles. The maximum Gasteiger partial charge on any atom is 0.328 e. The summed E-state index contributed by atoms with van der Waals surface area (Å²) < 4.78 is 4.59. The van der Waals surface area contributed by atoms with Crippen molar-refractivity contribution in [1.82, 2.24) is 10.2 Å². The van der Waals surface area contributed by atoms with Gasteiger partial charge in [-0.2, -0.15) is 0 Å². The van der Waals surface area contributed by atoms with Crippen molar-refractivity contribution in [3.8, 4) is 0 Å². The highest BCUT2D eigenvalue weighted by molar-refractivity contribution is 6.09. The summed E-state index contributed by atoms with van der Waals surface area (Å²) in [5.41, 5.74) is -0.0532. The molecular weight excluding hydrogens is 296 g/mol. The molecule has 1 aliphatic heterocycles. The molecule has 3 rings (SSSR count). The maximum atomic E-state index is 13.0. The number of carbonyl (C=O) groups is 3. The Balaban J connectivity index is 2.13. The summed E-state index contributed by atoms with van der Waals surface area (Å²) in [6.07, 6.45) is 0. The number of amides is 3. The molecule has 0 atom stereocenters. The van der Waals surface area contributed by atoms with Crippen LogP contribution in [0.3, 0.4) is 0 Å². The van der Waals surface area contributed by atoms with E-state index in [9.17, 15) is 14.4 Å². The van der Waals surface area contributed by atoms with E-state index in [1.807, 2.05) is 12.1 Å². The standard InChI is InChI=1S/C17H14N2O4/c20-12-23-11-19-15(21)17(18-16(19)22,13-7-3-1-4-8-13)14-9-5-2-6-10-14/h1-10,12H,11H2,(H,18,22). The van der Waals surface area contributed by atoms with Gasteiger partial charge in [-0.3, -0.25) is 9.59 Å². The number of imide groups is 1. The molecule has 116 valence electrons. The van der Waals surface area contributed by atoms with Gasteiger partial charge in [0.1, 0.15) is 0 Å². The molecule has 0 bridgehead atoms. The molecule has 0 aliphatic carbocycles. The molecule has 1 saturated heterocycles. The van der Waals surface area contributed by atoms with Crippen LogP contribution in [0, 0.1) is 0 Å². The molecule has 3 amide bonds. The Morgan fingerprint density at radius 3 is 1.96 bits per heavy atom. The Bertz CT molecular complexity index is 691. The van der Waals surface area contributed by atoms with E-state index in [-0.39, 0.29) is 6.47 Å². The SMILES string of the molecule is O=COCN1C(=O)NC(c2ccccc2)(c2ccccc2)C1=O. The van der Waals surface area contributed by atoms with Crippen LogP contribution < -0.4 is 5.32 Å². The zero-order valence-corrected chi connectivity index (χ0v) is 12.1. The van der Waals surface area contributed by atoms with E-state index in [0.29, 0.717) is 11.1 Å². The Morgan fingerprint density at radius 1 is 0.957 bits per heavy atom. The molecule has 0 saturated carbocycles. The molecule has 6 heteroatoms. The van der Waals surface area contributed by atoms with Crippen LogP contribution in [0.25, 0.3) is 0 Å². The predicted octanol–water partition coefficient (Wildman–Crippen LogP) is 1.61. The van der Waals surface area contributed by atoms with Crippen molar-refractivity contribution in [2.75, 3.05) is 6.73 Å². The van der Waals surface area contributed by atoms with Crippen LogP contribution in [0.2, 0.25) is 0 Å². The highest BCUT2D eigenvalue weighted by atomic mass is 16.5. The van der Waals surface area contributed by atoms with E-state index in [2.05, 4.69) is 10.1 Å². The highest BCUT2D eigenvalue weighted by Gasteiger charge is 2.53. The molecule has 6 nitrogen and oxygen atoms in total. The monoisotopic (exact) mass is 310 g/mol. The van der Waals surface area contributed by atoms with Crippen LogP contribution in [-0.2, 0) is 19.9 Å². The first-order valence-corrected chi connectivity index (χ1v) is 7.00. The van der Waals surface area contributed by atoms with Crippen molar-refractivity contribution in [2.24, 2.45) is 0 Å². The van der Waals surface area contributed by atoms with E-state index in [4.69, 9.17) is 0 Å². The van der Waals surface area contributed by atoms with Gasteiger partial charge in [0.05, 0.1) is 0 Å². The second-order valence-electron chi connectivity index (χ2n) is 5.04. The van der Waals surface area contributed by atoms with Crippen molar-refractivity contribution in [3.05, 3.63) is 71.8 Å². The van der Waals surface area contributed by atoms with Gasteiger partial charge in [0.2, 0.25) is 0 Å². The van der Waals surface area contributed by atoms with Crippen molar-refractivity contribution in [3.63, 3.8) is 0 Å². The lowest BCUT2D eigenvalue weighted by atomic mass is 9.83. The van der Waals surface area contributed by atoms with Crippen molar-refractivity contribution in [1.29, 1.82) is 0 Å². The van der Waals surface area contributed by atoms with Crippen molar-refractivity contribution < 1.29 is 19.1 Å². The maximum absolute atomic E-state index is 13.0. The second kappa shape index (κ2) is 5.92. The first-order valence-electron chi connectivity index (χ1n) is 7.00. The zero-order chi connectivity index (χ0) is 16.3. The quantitative estimate of drug-likeness (QED) is 0.672. The minimum atomic E-state index is -1.33. The minimum absolute atomic E-state index is 0.200. The van der Waals surface area contributed by atoms with Crippen molar-refractivity contribution in [2.45, 2.75) is 5.54 Å². The Labute approximate surface area is 132 Å². The lowest BCUT2D eigenvalue weighted by Gasteiger charge is -2.27. The van der Waals surface area contributed by atoms with Gasteiger partial charge in [0.15, 0.2) is 12.3 Å². The average Bonchev–Trinajstić information content (AvgIpc) is 2.86. The smallest absolute Gasteiger partial charge is 0.328 e. The Kier molecular flexibility index (Phi) is 3.80. The fourth-order valence-corrected chi connectivity index (χ4v) is 2.73. The highest BCUT2D eigenvalue weighted by Crippen LogP contribution is 2.35. The number of ether oxygens (including phenoxy) is 1. The fourth-order valence-electron chi connectivity index (χ4n) is 2.73. The van der Waals surface area contributed by atoms with Gasteiger partial charge in [0, 0.05) is 0 Å². The summed E-state index contributed by atoms with van der Waals surface area (Å²) in [5.74, 6) is -0.484. The molecule has 0 radical (unpaired) electrons. The van der Waals surface area contributed by atoms with E-state index >= 15 is 0 Å². The fraction of sp³-hybridized carbons (Fsp3) is 0.118.